The zero-order valence-electron chi connectivity index (χ0n) is 17.9. The molecule has 3 rings (SSSR count). The van der Waals surface area contributed by atoms with E-state index < -0.39 is 15.8 Å². The monoisotopic (exact) mass is 455 g/mol. The van der Waals surface area contributed by atoms with Gasteiger partial charge in [0, 0.05) is 12.1 Å². The number of benzene rings is 2. The molecule has 168 valence electrons. The fraction of sp³-hybridized carbons (Fsp3) is 0.261. The van der Waals surface area contributed by atoms with E-state index in [1.165, 1.54) is 6.20 Å². The number of amides is 1. The van der Waals surface area contributed by atoms with Gasteiger partial charge in [-0.15, -0.1) is 0 Å². The third-order valence-corrected chi connectivity index (χ3v) is 6.67. The minimum absolute atomic E-state index is 0.0440. The van der Waals surface area contributed by atoms with Crippen LogP contribution in [0.5, 0.6) is 0 Å². The maximum atomic E-state index is 12.4. The normalized spacial score (nSPS) is 11.2. The van der Waals surface area contributed by atoms with Crippen molar-refractivity contribution in [1.29, 1.82) is 0 Å². The SMILES string of the molecule is CCOC(=O)c1cnn(-c2ccc(C(=O)NCCCS(=O)(=O)c3ccccc3)cc2)c1C. The van der Waals surface area contributed by atoms with Gasteiger partial charge in [0.05, 0.1) is 34.8 Å². The van der Waals surface area contributed by atoms with Crippen LogP contribution in [0.15, 0.2) is 65.7 Å². The molecule has 0 fully saturated rings. The van der Waals surface area contributed by atoms with E-state index in [1.807, 2.05) is 0 Å². The van der Waals surface area contributed by atoms with E-state index in [0.717, 1.165) is 0 Å². The first-order valence-corrected chi connectivity index (χ1v) is 11.9. The Labute approximate surface area is 187 Å². The molecule has 1 amide bonds. The van der Waals surface area contributed by atoms with E-state index in [9.17, 15) is 18.0 Å². The molecule has 3 aromatic rings. The number of ether oxygens (including phenoxy) is 1. The Morgan fingerprint density at radius 3 is 2.41 bits per heavy atom. The molecule has 8 nitrogen and oxygen atoms in total. The van der Waals surface area contributed by atoms with E-state index in [2.05, 4.69) is 10.4 Å². The van der Waals surface area contributed by atoms with Crippen molar-refractivity contribution >= 4 is 21.7 Å². The van der Waals surface area contributed by atoms with Crippen molar-refractivity contribution in [2.24, 2.45) is 0 Å². The highest BCUT2D eigenvalue weighted by Gasteiger charge is 2.17. The van der Waals surface area contributed by atoms with Gasteiger partial charge >= 0.3 is 5.97 Å². The number of nitrogens with one attached hydrogen (secondary N) is 1. The van der Waals surface area contributed by atoms with Crippen molar-refractivity contribution in [3.8, 4) is 5.69 Å². The summed E-state index contributed by atoms with van der Waals surface area (Å²) in [5.41, 5.74) is 2.16. The Hall–Kier alpha value is -3.46. The fourth-order valence-electron chi connectivity index (χ4n) is 3.15. The van der Waals surface area contributed by atoms with E-state index in [-0.39, 0.29) is 29.7 Å². The van der Waals surface area contributed by atoms with Crippen molar-refractivity contribution in [3.63, 3.8) is 0 Å². The van der Waals surface area contributed by atoms with Gasteiger partial charge in [-0.05, 0) is 56.7 Å². The van der Waals surface area contributed by atoms with Crippen LogP contribution in [-0.2, 0) is 14.6 Å². The minimum Gasteiger partial charge on any atom is -0.462 e. The van der Waals surface area contributed by atoms with Gasteiger partial charge in [-0.2, -0.15) is 5.10 Å². The van der Waals surface area contributed by atoms with Crippen LogP contribution in [0.4, 0.5) is 0 Å². The summed E-state index contributed by atoms with van der Waals surface area (Å²) in [4.78, 5) is 24.6. The van der Waals surface area contributed by atoms with Gasteiger partial charge < -0.3 is 10.1 Å². The van der Waals surface area contributed by atoms with Crippen LogP contribution in [-0.4, -0.2) is 49.0 Å². The predicted octanol–water partition coefficient (Wildman–Crippen LogP) is 2.95. The molecule has 0 bridgehead atoms. The van der Waals surface area contributed by atoms with Gasteiger partial charge in [0.15, 0.2) is 9.84 Å². The summed E-state index contributed by atoms with van der Waals surface area (Å²) >= 11 is 0. The third-order valence-electron chi connectivity index (χ3n) is 4.86. The topological polar surface area (TPSA) is 107 Å². The predicted molar refractivity (Wildman–Crippen MR) is 120 cm³/mol. The number of rotatable bonds is 9. The van der Waals surface area contributed by atoms with Crippen LogP contribution in [0.1, 0.15) is 39.8 Å². The van der Waals surface area contributed by atoms with Crippen LogP contribution in [0.2, 0.25) is 0 Å². The first kappa shape index (κ1) is 23.2. The van der Waals surface area contributed by atoms with E-state index in [4.69, 9.17) is 4.74 Å². The summed E-state index contributed by atoms with van der Waals surface area (Å²) in [6.07, 6.45) is 1.77. The molecule has 0 saturated heterocycles. The second-order valence-electron chi connectivity index (χ2n) is 7.06. The van der Waals surface area contributed by atoms with Gasteiger partial charge in [-0.25, -0.2) is 17.9 Å². The number of carbonyl (C=O) groups is 2. The smallest absolute Gasteiger partial charge is 0.341 e. The average molecular weight is 456 g/mol. The maximum Gasteiger partial charge on any atom is 0.341 e. The number of carbonyl (C=O) groups excluding carboxylic acids is 2. The Balaban J connectivity index is 1.56. The van der Waals surface area contributed by atoms with Crippen molar-refractivity contribution in [1.82, 2.24) is 15.1 Å². The molecule has 1 heterocycles. The van der Waals surface area contributed by atoms with Crippen molar-refractivity contribution in [2.45, 2.75) is 25.2 Å². The summed E-state index contributed by atoms with van der Waals surface area (Å²) in [7, 11) is -3.37. The summed E-state index contributed by atoms with van der Waals surface area (Å²) in [5, 5.41) is 6.97. The largest absolute Gasteiger partial charge is 0.462 e. The van der Waals surface area contributed by atoms with E-state index >= 15 is 0 Å². The Morgan fingerprint density at radius 1 is 1.06 bits per heavy atom. The lowest BCUT2D eigenvalue weighted by molar-refractivity contribution is 0.0525. The molecule has 2 aromatic carbocycles. The molecular weight excluding hydrogens is 430 g/mol. The van der Waals surface area contributed by atoms with Crippen LogP contribution >= 0.6 is 0 Å². The molecule has 0 atom stereocenters. The summed E-state index contributed by atoms with van der Waals surface area (Å²) < 4.78 is 31.2. The van der Waals surface area contributed by atoms with E-state index in [1.54, 1.807) is 73.1 Å². The van der Waals surface area contributed by atoms with Gasteiger partial charge in [-0.3, -0.25) is 4.79 Å². The van der Waals surface area contributed by atoms with Crippen molar-refractivity contribution in [3.05, 3.63) is 77.6 Å². The molecule has 0 aliphatic heterocycles. The maximum absolute atomic E-state index is 12.4. The molecule has 1 N–H and O–H groups in total. The second kappa shape index (κ2) is 10.2. The lowest BCUT2D eigenvalue weighted by Gasteiger charge is -2.08. The standard InChI is InChI=1S/C23H25N3O5S/c1-3-31-23(28)21-16-25-26(17(21)2)19-12-10-18(11-13-19)22(27)24-14-7-15-32(29,30)20-8-5-4-6-9-20/h4-6,8-13,16H,3,7,14-15H2,1-2H3,(H,24,27). The second-order valence-corrected chi connectivity index (χ2v) is 9.17. The summed E-state index contributed by atoms with van der Waals surface area (Å²) in [5.74, 6) is -0.767. The van der Waals surface area contributed by atoms with Gasteiger partial charge in [0.25, 0.3) is 5.91 Å². The van der Waals surface area contributed by atoms with Crippen LogP contribution in [0.25, 0.3) is 5.69 Å². The molecule has 9 heteroatoms. The molecule has 1 aromatic heterocycles. The van der Waals surface area contributed by atoms with Crippen LogP contribution < -0.4 is 5.32 Å². The molecule has 0 saturated carbocycles. The van der Waals surface area contributed by atoms with Crippen molar-refractivity contribution in [2.75, 3.05) is 18.9 Å². The van der Waals surface area contributed by atoms with Gasteiger partial charge in [0.1, 0.15) is 5.56 Å². The minimum atomic E-state index is -3.37. The number of hydrogen-bond acceptors (Lipinski definition) is 6. The highest BCUT2D eigenvalue weighted by atomic mass is 32.2. The van der Waals surface area contributed by atoms with Crippen LogP contribution in [0, 0.1) is 6.92 Å². The number of hydrogen-bond donors (Lipinski definition) is 1. The molecule has 0 unspecified atom stereocenters. The molecular formula is C23H25N3O5S. The third kappa shape index (κ3) is 5.42. The molecule has 32 heavy (non-hydrogen) atoms. The Bertz CT molecular complexity index is 1190. The highest BCUT2D eigenvalue weighted by Crippen LogP contribution is 2.16. The molecule has 0 radical (unpaired) electrons. The van der Waals surface area contributed by atoms with Crippen molar-refractivity contribution < 1.29 is 22.7 Å². The molecule has 0 aliphatic carbocycles. The van der Waals surface area contributed by atoms with E-state index in [0.29, 0.717) is 28.9 Å². The quantitative estimate of drug-likeness (QED) is 0.393. The number of aromatic nitrogens is 2. The van der Waals surface area contributed by atoms with Crippen LogP contribution in [0.3, 0.4) is 0 Å². The fourth-order valence-corrected chi connectivity index (χ4v) is 4.48. The Morgan fingerprint density at radius 2 is 1.75 bits per heavy atom. The number of sulfone groups is 1. The average Bonchev–Trinajstić information content (AvgIpc) is 3.19. The molecule has 0 spiro atoms. The summed E-state index contributed by atoms with van der Waals surface area (Å²) in [6.45, 7) is 4.03. The zero-order valence-corrected chi connectivity index (χ0v) is 18.8. The lowest BCUT2D eigenvalue weighted by atomic mass is 10.2. The highest BCUT2D eigenvalue weighted by molar-refractivity contribution is 7.91. The first-order chi connectivity index (χ1) is 15.3. The molecule has 0 aliphatic rings. The van der Waals surface area contributed by atoms with Gasteiger partial charge in [0.2, 0.25) is 0 Å². The number of nitrogens with zero attached hydrogens (tertiary/aromatic N) is 2. The number of esters is 1. The van der Waals surface area contributed by atoms with Gasteiger partial charge in [-0.1, -0.05) is 18.2 Å². The lowest BCUT2D eigenvalue weighted by Crippen LogP contribution is -2.26. The summed E-state index contributed by atoms with van der Waals surface area (Å²) in [6, 6.07) is 15.0. The first-order valence-electron chi connectivity index (χ1n) is 10.2. The Kier molecular flexibility index (Phi) is 7.42. The zero-order chi connectivity index (χ0) is 23.1.